The molecule has 0 N–H and O–H groups in total. The van der Waals surface area contributed by atoms with Crippen LogP contribution in [-0.2, 0) is 4.79 Å². The normalized spacial score (nSPS) is 12.7. The third-order valence-electron chi connectivity index (χ3n) is 6.07. The van der Waals surface area contributed by atoms with Crippen molar-refractivity contribution in [3.63, 3.8) is 0 Å². The molecule has 0 atom stereocenters. The maximum atomic E-state index is 13.4. The number of anilines is 1. The summed E-state index contributed by atoms with van der Waals surface area (Å²) in [7, 11) is 1.76. The predicted octanol–water partition coefficient (Wildman–Crippen LogP) is 6.23. The minimum absolute atomic E-state index is 0.0581. The third kappa shape index (κ3) is 5.04. The van der Waals surface area contributed by atoms with Gasteiger partial charge in [-0.15, -0.1) is 0 Å². The van der Waals surface area contributed by atoms with E-state index in [2.05, 4.69) is 57.3 Å². The van der Waals surface area contributed by atoms with Crippen molar-refractivity contribution < 1.29 is 9.53 Å². The fraction of sp³-hybridized carbons (Fsp3) is 0.200. The highest BCUT2D eigenvalue weighted by Crippen LogP contribution is 2.32. The van der Waals surface area contributed by atoms with Crippen LogP contribution >= 0.6 is 0 Å². The Morgan fingerprint density at radius 3 is 2.46 bits per heavy atom. The molecule has 1 heterocycles. The molecule has 3 aromatic carbocycles. The molecule has 0 radical (unpaired) electrons. The van der Waals surface area contributed by atoms with E-state index in [-0.39, 0.29) is 12.5 Å². The summed E-state index contributed by atoms with van der Waals surface area (Å²) in [5.74, 6) is 1.16. The summed E-state index contributed by atoms with van der Waals surface area (Å²) in [6, 6.07) is 20.2. The highest BCUT2D eigenvalue weighted by Gasteiger charge is 2.26. The molecule has 5 heteroatoms. The van der Waals surface area contributed by atoms with Crippen LogP contribution in [0.3, 0.4) is 0 Å². The van der Waals surface area contributed by atoms with Crippen LogP contribution in [0.15, 0.2) is 84.7 Å². The molecule has 5 nitrogen and oxygen atoms in total. The number of hydrogen-bond acceptors (Lipinski definition) is 4. The van der Waals surface area contributed by atoms with E-state index < -0.39 is 0 Å². The van der Waals surface area contributed by atoms with Gasteiger partial charge in [0.25, 0.3) is 0 Å². The molecule has 0 fully saturated rings. The van der Waals surface area contributed by atoms with E-state index in [1.54, 1.807) is 23.9 Å². The van der Waals surface area contributed by atoms with Crippen molar-refractivity contribution in [3.05, 3.63) is 113 Å². The number of ether oxygens (including phenoxy) is 1. The van der Waals surface area contributed by atoms with Crippen LogP contribution in [0.1, 0.15) is 40.3 Å². The molecule has 4 rings (SSSR count). The number of rotatable bonds is 6. The topological polar surface area (TPSA) is 45.1 Å². The zero-order valence-corrected chi connectivity index (χ0v) is 21.1. The molecule has 1 aliphatic heterocycles. The zero-order chi connectivity index (χ0) is 25.3. The summed E-state index contributed by atoms with van der Waals surface area (Å²) in [6.07, 6.45) is 0. The van der Waals surface area contributed by atoms with Gasteiger partial charge in [0.05, 0.1) is 17.2 Å². The van der Waals surface area contributed by atoms with Crippen molar-refractivity contribution in [2.45, 2.75) is 27.7 Å². The summed E-state index contributed by atoms with van der Waals surface area (Å²) in [5.41, 5.74) is 8.54. The van der Waals surface area contributed by atoms with E-state index in [0.29, 0.717) is 17.2 Å². The summed E-state index contributed by atoms with van der Waals surface area (Å²) < 4.78 is 5.73. The Balaban J connectivity index is 1.66. The van der Waals surface area contributed by atoms with Gasteiger partial charge in [0.1, 0.15) is 12.3 Å². The molecule has 178 valence electrons. The number of likely N-dealkylation sites (N-methyl/N-ethyl adjacent to an activating group) is 1. The Morgan fingerprint density at radius 2 is 1.74 bits per heavy atom. The average molecular weight is 466 g/mol. The minimum atomic E-state index is -0.111. The van der Waals surface area contributed by atoms with Crippen LogP contribution in [0.4, 0.5) is 5.69 Å². The number of fused-ring (bicyclic) bond motifs is 1. The molecule has 0 aromatic heterocycles. The number of hydrazone groups is 1. The van der Waals surface area contributed by atoms with E-state index >= 15 is 0 Å². The minimum Gasteiger partial charge on any atom is -0.462 e. The van der Waals surface area contributed by atoms with Gasteiger partial charge >= 0.3 is 0 Å². The average Bonchev–Trinajstić information content (AvgIpc) is 2.81. The van der Waals surface area contributed by atoms with Crippen molar-refractivity contribution in [1.82, 2.24) is 5.01 Å². The molecule has 0 spiro atoms. The summed E-state index contributed by atoms with van der Waals surface area (Å²) in [4.78, 5) is 15.0. The lowest BCUT2D eigenvalue weighted by atomic mass is 9.92. The van der Waals surface area contributed by atoms with Crippen molar-refractivity contribution >= 4 is 23.0 Å². The second-order valence-electron chi connectivity index (χ2n) is 9.08. The molecule has 0 saturated heterocycles. The first-order valence-electron chi connectivity index (χ1n) is 11.6. The van der Waals surface area contributed by atoms with E-state index in [4.69, 9.17) is 9.84 Å². The molecule has 1 amide bonds. The van der Waals surface area contributed by atoms with Crippen LogP contribution < -0.4 is 9.64 Å². The summed E-state index contributed by atoms with van der Waals surface area (Å²) >= 11 is 0. The number of allylic oxidation sites excluding steroid dienone is 1. The van der Waals surface area contributed by atoms with E-state index in [1.807, 2.05) is 37.3 Å². The lowest BCUT2D eigenvalue weighted by molar-refractivity contribution is -0.118. The smallest absolute Gasteiger partial charge is 0.248 e. The van der Waals surface area contributed by atoms with Crippen LogP contribution in [0.25, 0.3) is 5.70 Å². The molecule has 0 aliphatic carbocycles. The van der Waals surface area contributed by atoms with Gasteiger partial charge in [-0.2, -0.15) is 5.10 Å². The number of nitrogens with zero attached hydrogens (tertiary/aromatic N) is 3. The number of amides is 1. The zero-order valence-electron chi connectivity index (χ0n) is 21.1. The molecule has 3 aromatic rings. The number of hydrogen-bond donors (Lipinski definition) is 0. The monoisotopic (exact) mass is 465 g/mol. The molecule has 0 saturated carbocycles. The van der Waals surface area contributed by atoms with Gasteiger partial charge in [-0.1, -0.05) is 60.7 Å². The van der Waals surface area contributed by atoms with E-state index in [0.717, 1.165) is 44.8 Å². The second kappa shape index (κ2) is 9.63. The van der Waals surface area contributed by atoms with Gasteiger partial charge in [0.2, 0.25) is 5.91 Å². The van der Waals surface area contributed by atoms with Gasteiger partial charge in [-0.25, -0.2) is 0 Å². The number of benzene rings is 3. The molecular formula is C30H31N3O2. The van der Waals surface area contributed by atoms with E-state index in [1.165, 1.54) is 0 Å². The fourth-order valence-corrected chi connectivity index (χ4v) is 4.09. The Kier molecular flexibility index (Phi) is 6.61. The highest BCUT2D eigenvalue weighted by atomic mass is 16.5. The highest BCUT2D eigenvalue weighted by molar-refractivity contribution is 6.16. The van der Waals surface area contributed by atoms with Crippen LogP contribution in [0.5, 0.6) is 5.75 Å². The van der Waals surface area contributed by atoms with Crippen molar-refractivity contribution in [2.75, 3.05) is 18.5 Å². The predicted molar refractivity (Wildman–Crippen MR) is 144 cm³/mol. The van der Waals surface area contributed by atoms with Crippen molar-refractivity contribution in [3.8, 4) is 5.75 Å². The maximum absolute atomic E-state index is 13.4. The Hall–Kier alpha value is -4.12. The van der Waals surface area contributed by atoms with Gasteiger partial charge in [-0.05, 0) is 51.5 Å². The Morgan fingerprint density at radius 1 is 1.00 bits per heavy atom. The van der Waals surface area contributed by atoms with E-state index in [9.17, 15) is 4.79 Å². The first-order chi connectivity index (χ1) is 16.6. The Bertz CT molecular complexity index is 1370. The first kappa shape index (κ1) is 24.0. The standard InChI is InChI=1S/C30H31N3O2/c1-19(2)35-28-17-25(13-12-22(28)5)32(7)29(34)18-33-23(6)27-16-21(4)11-14-26(27)30(31-33)24-10-8-9-20(3)15-24/h8-17H,1,6,18H2,2-5,7H3. The van der Waals surface area contributed by atoms with Crippen LogP contribution in [-0.4, -0.2) is 30.2 Å². The molecular weight excluding hydrogens is 434 g/mol. The largest absolute Gasteiger partial charge is 0.462 e. The van der Waals surface area contributed by atoms with Gasteiger partial charge < -0.3 is 9.64 Å². The van der Waals surface area contributed by atoms with Gasteiger partial charge in [-0.3, -0.25) is 9.80 Å². The third-order valence-corrected chi connectivity index (χ3v) is 6.07. The molecule has 0 bridgehead atoms. The Labute approximate surface area is 207 Å². The first-order valence-corrected chi connectivity index (χ1v) is 11.6. The SMILES string of the molecule is C=C(C)Oc1cc(N(C)C(=O)CN2N=C(c3cccc(C)c3)c3ccc(C)cc3C2=C)ccc1C. The fourth-order valence-electron chi connectivity index (χ4n) is 4.09. The van der Waals surface area contributed by atoms with Crippen molar-refractivity contribution in [2.24, 2.45) is 5.10 Å². The molecule has 0 unspecified atom stereocenters. The van der Waals surface area contributed by atoms with Crippen molar-refractivity contribution in [1.29, 1.82) is 0 Å². The quantitative estimate of drug-likeness (QED) is 0.406. The lowest BCUT2D eigenvalue weighted by Gasteiger charge is -2.31. The summed E-state index contributed by atoms with van der Waals surface area (Å²) in [6.45, 7) is 16.0. The van der Waals surface area contributed by atoms with Gasteiger partial charge in [0.15, 0.2) is 0 Å². The van der Waals surface area contributed by atoms with Crippen LogP contribution in [0.2, 0.25) is 0 Å². The van der Waals surface area contributed by atoms with Gasteiger partial charge in [0, 0.05) is 35.5 Å². The molecule has 1 aliphatic rings. The number of carbonyl (C=O) groups excluding carboxylic acids is 1. The van der Waals surface area contributed by atoms with Crippen LogP contribution in [0, 0.1) is 20.8 Å². The molecule has 35 heavy (non-hydrogen) atoms. The summed E-state index contributed by atoms with van der Waals surface area (Å²) in [5, 5.41) is 6.61. The number of carbonyl (C=O) groups is 1. The second-order valence-corrected chi connectivity index (χ2v) is 9.08. The lowest BCUT2D eigenvalue weighted by Crippen LogP contribution is -2.37. The maximum Gasteiger partial charge on any atom is 0.248 e. The number of aryl methyl sites for hydroxylation is 3.